The molecule has 1 spiro atoms. The quantitative estimate of drug-likeness (QED) is 0.677. The number of hydrogen-bond acceptors (Lipinski definition) is 4. The predicted molar refractivity (Wildman–Crippen MR) is 102 cm³/mol. The third kappa shape index (κ3) is 3.02. The van der Waals surface area contributed by atoms with Crippen molar-refractivity contribution < 1.29 is 23.6 Å². The molecule has 4 heterocycles. The van der Waals surface area contributed by atoms with Crippen LogP contribution < -0.4 is 0 Å². The second-order valence-electron chi connectivity index (χ2n) is 9.53. The number of hydrogen-bond donors (Lipinski definition) is 0. The van der Waals surface area contributed by atoms with Crippen LogP contribution in [0.4, 0.5) is 4.39 Å². The fourth-order valence-electron chi connectivity index (χ4n) is 6.27. The highest BCUT2D eigenvalue weighted by Gasteiger charge is 2.68. The van der Waals surface area contributed by atoms with Crippen molar-refractivity contribution in [2.24, 2.45) is 23.7 Å². The van der Waals surface area contributed by atoms with Gasteiger partial charge in [-0.2, -0.15) is 0 Å². The summed E-state index contributed by atoms with van der Waals surface area (Å²) >= 11 is 0. The van der Waals surface area contributed by atoms with E-state index in [4.69, 9.17) is 19.2 Å². The van der Waals surface area contributed by atoms with Gasteiger partial charge >= 0.3 is 0 Å². The van der Waals surface area contributed by atoms with E-state index in [-0.39, 0.29) is 12.1 Å². The van der Waals surface area contributed by atoms with Gasteiger partial charge in [-0.05, 0) is 80.9 Å². The van der Waals surface area contributed by atoms with Gasteiger partial charge in [0, 0.05) is 12.3 Å². The highest BCUT2D eigenvalue weighted by Crippen LogP contribution is 2.60. The van der Waals surface area contributed by atoms with Gasteiger partial charge in [0.05, 0.1) is 6.61 Å². The summed E-state index contributed by atoms with van der Waals surface area (Å²) in [6, 6.07) is 6.94. The standard InChI is InChI=1S/C23H31FO4/c1-15-9-10-20-17(7-3-5-16-6-4-8-18(24)13-16)14-25-21-23(20)19(15)11-12-22(2,26-21)27-28-23/h4,6,8,13,15,17,19-21H,3,5,7,9-12,14H2,1-2H3/t15-,17+,19+,20+,21-,22+,23-/m1/s1. The fourth-order valence-corrected chi connectivity index (χ4v) is 6.27. The van der Waals surface area contributed by atoms with E-state index >= 15 is 0 Å². The molecule has 7 atom stereocenters. The molecular formula is C23H31FO4. The third-order valence-corrected chi connectivity index (χ3v) is 7.74. The Morgan fingerprint density at radius 1 is 1.14 bits per heavy atom. The molecular weight excluding hydrogens is 359 g/mol. The lowest BCUT2D eigenvalue weighted by Crippen LogP contribution is -2.69. The summed E-state index contributed by atoms with van der Waals surface area (Å²) in [6.45, 7) is 5.01. The van der Waals surface area contributed by atoms with Gasteiger partial charge in [0.15, 0.2) is 11.9 Å². The first-order valence-electron chi connectivity index (χ1n) is 10.9. The van der Waals surface area contributed by atoms with Crippen molar-refractivity contribution in [3.05, 3.63) is 35.6 Å². The molecule has 28 heavy (non-hydrogen) atoms. The van der Waals surface area contributed by atoms with Crippen molar-refractivity contribution in [2.75, 3.05) is 6.61 Å². The largest absolute Gasteiger partial charge is 0.349 e. The maximum Gasteiger partial charge on any atom is 0.201 e. The molecule has 5 aliphatic rings. The number of benzene rings is 1. The van der Waals surface area contributed by atoms with Gasteiger partial charge in [-0.3, -0.25) is 0 Å². The van der Waals surface area contributed by atoms with Crippen molar-refractivity contribution in [1.29, 1.82) is 0 Å². The Balaban J connectivity index is 1.34. The highest BCUT2D eigenvalue weighted by atomic mass is 19.1. The van der Waals surface area contributed by atoms with Crippen LogP contribution >= 0.6 is 0 Å². The molecule has 0 unspecified atom stereocenters. The van der Waals surface area contributed by atoms with E-state index < -0.39 is 11.4 Å². The van der Waals surface area contributed by atoms with Gasteiger partial charge in [0.2, 0.25) is 5.79 Å². The molecule has 4 saturated heterocycles. The molecule has 6 rings (SSSR count). The molecule has 5 fully saturated rings. The van der Waals surface area contributed by atoms with E-state index in [2.05, 4.69) is 6.92 Å². The zero-order chi connectivity index (χ0) is 19.4. The molecule has 1 saturated carbocycles. The van der Waals surface area contributed by atoms with E-state index in [0.717, 1.165) is 44.1 Å². The molecule has 5 heteroatoms. The Morgan fingerprint density at radius 3 is 2.89 bits per heavy atom. The second-order valence-corrected chi connectivity index (χ2v) is 9.53. The first-order valence-corrected chi connectivity index (χ1v) is 10.9. The lowest BCUT2D eigenvalue weighted by molar-refractivity contribution is -0.567. The molecule has 0 radical (unpaired) electrons. The van der Waals surface area contributed by atoms with Gasteiger partial charge < -0.3 is 9.47 Å². The Hall–Kier alpha value is -1.01. The van der Waals surface area contributed by atoms with Crippen LogP contribution in [0.2, 0.25) is 0 Å². The first kappa shape index (κ1) is 19.0. The average molecular weight is 390 g/mol. The summed E-state index contributed by atoms with van der Waals surface area (Å²) in [5.41, 5.74) is 0.587. The molecule has 0 N–H and O–H groups in total. The van der Waals surface area contributed by atoms with Crippen LogP contribution in [0.1, 0.15) is 57.9 Å². The zero-order valence-corrected chi connectivity index (χ0v) is 16.9. The molecule has 2 bridgehead atoms. The molecule has 1 aromatic carbocycles. The normalized spacial score (nSPS) is 44.8. The minimum atomic E-state index is -0.693. The van der Waals surface area contributed by atoms with Crippen LogP contribution in [0.25, 0.3) is 0 Å². The third-order valence-electron chi connectivity index (χ3n) is 7.74. The van der Waals surface area contributed by atoms with Gasteiger partial charge in [-0.15, -0.1) is 0 Å². The fraction of sp³-hybridized carbons (Fsp3) is 0.739. The smallest absolute Gasteiger partial charge is 0.201 e. The monoisotopic (exact) mass is 390 g/mol. The molecule has 1 aliphatic carbocycles. The Kier molecular flexibility index (Phi) is 4.78. The van der Waals surface area contributed by atoms with Crippen LogP contribution in [0.3, 0.4) is 0 Å². The van der Waals surface area contributed by atoms with Crippen molar-refractivity contribution >= 4 is 0 Å². The van der Waals surface area contributed by atoms with Crippen LogP contribution in [0.5, 0.6) is 0 Å². The zero-order valence-electron chi connectivity index (χ0n) is 16.9. The van der Waals surface area contributed by atoms with Crippen molar-refractivity contribution in [1.82, 2.24) is 0 Å². The van der Waals surface area contributed by atoms with Gasteiger partial charge in [-0.1, -0.05) is 19.1 Å². The van der Waals surface area contributed by atoms with E-state index in [1.54, 1.807) is 12.1 Å². The maximum atomic E-state index is 13.4. The Labute approximate surface area is 166 Å². The van der Waals surface area contributed by atoms with Crippen LogP contribution in [0, 0.1) is 29.5 Å². The van der Waals surface area contributed by atoms with E-state index in [0.29, 0.717) is 30.3 Å². The molecule has 154 valence electrons. The molecule has 1 aromatic rings. The molecule has 4 nitrogen and oxygen atoms in total. The SMILES string of the molecule is C[C@@H]1CC[C@H]2[C@@H](CCCc3cccc(F)c3)CO[C@@H]3O[C@]4(C)CC[C@@H]1[C@]32OO4. The van der Waals surface area contributed by atoms with Crippen LogP contribution in [0.15, 0.2) is 24.3 Å². The first-order chi connectivity index (χ1) is 13.5. The summed E-state index contributed by atoms with van der Waals surface area (Å²) in [7, 11) is 0. The van der Waals surface area contributed by atoms with Crippen molar-refractivity contribution in [3.8, 4) is 0 Å². The number of fused-ring (bicyclic) bond motifs is 2. The topological polar surface area (TPSA) is 36.9 Å². The van der Waals surface area contributed by atoms with Gasteiger partial charge in [-0.25, -0.2) is 14.2 Å². The predicted octanol–water partition coefficient (Wildman–Crippen LogP) is 5.01. The highest BCUT2D eigenvalue weighted by molar-refractivity contribution is 5.16. The molecule has 0 aromatic heterocycles. The van der Waals surface area contributed by atoms with E-state index in [1.807, 2.05) is 13.0 Å². The molecule has 4 aliphatic heterocycles. The lowest BCUT2D eigenvalue weighted by Gasteiger charge is -2.59. The Morgan fingerprint density at radius 2 is 2.04 bits per heavy atom. The summed E-state index contributed by atoms with van der Waals surface area (Å²) in [4.78, 5) is 12.1. The van der Waals surface area contributed by atoms with E-state index in [1.165, 1.54) is 12.5 Å². The minimum absolute atomic E-state index is 0.157. The number of rotatable bonds is 4. The van der Waals surface area contributed by atoms with Gasteiger partial charge in [0.1, 0.15) is 5.82 Å². The summed E-state index contributed by atoms with van der Waals surface area (Å²) in [5.74, 6) is 0.960. The average Bonchev–Trinajstić information content (AvgIpc) is 2.90. The minimum Gasteiger partial charge on any atom is -0.349 e. The number of aryl methyl sites for hydroxylation is 1. The maximum absolute atomic E-state index is 13.4. The van der Waals surface area contributed by atoms with Crippen molar-refractivity contribution in [2.45, 2.75) is 76.5 Å². The number of halogens is 1. The number of ether oxygens (including phenoxy) is 2. The van der Waals surface area contributed by atoms with E-state index in [9.17, 15) is 4.39 Å². The summed E-state index contributed by atoms with van der Waals surface area (Å²) in [5, 5.41) is 0. The Bertz CT molecular complexity index is 726. The summed E-state index contributed by atoms with van der Waals surface area (Å²) in [6.07, 6.45) is 6.90. The second kappa shape index (κ2) is 7.05. The lowest BCUT2D eigenvalue weighted by atomic mass is 9.57. The van der Waals surface area contributed by atoms with Crippen LogP contribution in [-0.2, 0) is 25.7 Å². The van der Waals surface area contributed by atoms with Crippen molar-refractivity contribution in [3.63, 3.8) is 0 Å². The van der Waals surface area contributed by atoms with Crippen LogP contribution in [-0.4, -0.2) is 24.3 Å². The molecule has 0 amide bonds. The van der Waals surface area contributed by atoms with Gasteiger partial charge in [0.25, 0.3) is 0 Å². The summed E-state index contributed by atoms with van der Waals surface area (Å²) < 4.78 is 26.0.